The predicted molar refractivity (Wildman–Crippen MR) is 90.5 cm³/mol. The van der Waals surface area contributed by atoms with E-state index in [9.17, 15) is 4.79 Å². The SMILES string of the molecule is O=C(CN1CCc2ccccc2C1)Nc1ccc(Cl)c(Cl)c1. The molecule has 0 bridgehead atoms. The maximum atomic E-state index is 12.2. The molecule has 0 fully saturated rings. The van der Waals surface area contributed by atoms with Crippen LogP contribution in [0.1, 0.15) is 11.1 Å². The van der Waals surface area contributed by atoms with Gasteiger partial charge in [0.05, 0.1) is 16.6 Å². The summed E-state index contributed by atoms with van der Waals surface area (Å²) in [7, 11) is 0. The fourth-order valence-electron chi connectivity index (χ4n) is 2.67. The molecule has 0 unspecified atom stereocenters. The van der Waals surface area contributed by atoms with E-state index in [1.54, 1.807) is 18.2 Å². The second-order valence-electron chi connectivity index (χ2n) is 5.41. The van der Waals surface area contributed by atoms with Crippen LogP contribution in [0.3, 0.4) is 0 Å². The highest BCUT2D eigenvalue weighted by atomic mass is 35.5. The van der Waals surface area contributed by atoms with Crippen LogP contribution in [0.25, 0.3) is 0 Å². The normalized spacial score (nSPS) is 14.5. The van der Waals surface area contributed by atoms with Crippen LogP contribution in [0.5, 0.6) is 0 Å². The first kappa shape index (κ1) is 15.3. The molecule has 0 saturated heterocycles. The van der Waals surface area contributed by atoms with E-state index < -0.39 is 0 Å². The first-order valence-electron chi connectivity index (χ1n) is 7.16. The molecule has 0 aliphatic carbocycles. The topological polar surface area (TPSA) is 32.3 Å². The summed E-state index contributed by atoms with van der Waals surface area (Å²) in [6.45, 7) is 2.07. The molecule has 1 aliphatic heterocycles. The van der Waals surface area contributed by atoms with Crippen LogP contribution in [-0.4, -0.2) is 23.9 Å². The lowest BCUT2D eigenvalue weighted by molar-refractivity contribution is -0.117. The number of carbonyl (C=O) groups is 1. The Bertz CT molecular complexity index is 703. The number of benzene rings is 2. The van der Waals surface area contributed by atoms with Crippen molar-refractivity contribution in [3.8, 4) is 0 Å². The Balaban J connectivity index is 1.59. The Morgan fingerprint density at radius 1 is 1.09 bits per heavy atom. The lowest BCUT2D eigenvalue weighted by atomic mass is 10.00. The van der Waals surface area contributed by atoms with Crippen LogP contribution in [-0.2, 0) is 17.8 Å². The lowest BCUT2D eigenvalue weighted by Crippen LogP contribution is -2.37. The van der Waals surface area contributed by atoms with Crippen LogP contribution in [0.2, 0.25) is 10.0 Å². The molecule has 0 aromatic heterocycles. The molecule has 0 atom stereocenters. The minimum atomic E-state index is -0.0437. The van der Waals surface area contributed by atoms with Crippen molar-refractivity contribution in [2.45, 2.75) is 13.0 Å². The van der Waals surface area contributed by atoms with E-state index >= 15 is 0 Å². The smallest absolute Gasteiger partial charge is 0.238 e. The number of carbonyl (C=O) groups excluding carboxylic acids is 1. The number of fused-ring (bicyclic) bond motifs is 1. The van der Waals surface area contributed by atoms with Gasteiger partial charge >= 0.3 is 0 Å². The van der Waals surface area contributed by atoms with Gasteiger partial charge in [-0.2, -0.15) is 0 Å². The molecule has 5 heteroatoms. The number of hydrogen-bond donors (Lipinski definition) is 1. The number of amides is 1. The summed E-state index contributed by atoms with van der Waals surface area (Å²) < 4.78 is 0. The van der Waals surface area contributed by atoms with Crippen molar-refractivity contribution in [2.75, 3.05) is 18.4 Å². The van der Waals surface area contributed by atoms with E-state index in [1.807, 2.05) is 6.07 Å². The van der Waals surface area contributed by atoms with Gasteiger partial charge in [0.25, 0.3) is 0 Å². The molecule has 0 spiro atoms. The van der Waals surface area contributed by atoms with Gasteiger partial charge in [-0.25, -0.2) is 0 Å². The largest absolute Gasteiger partial charge is 0.325 e. The molecular formula is C17H16Cl2N2O. The third-order valence-electron chi connectivity index (χ3n) is 3.78. The quantitative estimate of drug-likeness (QED) is 0.920. The van der Waals surface area contributed by atoms with E-state index in [0.717, 1.165) is 19.5 Å². The second kappa shape index (κ2) is 6.69. The Hall–Kier alpha value is -1.55. The van der Waals surface area contributed by atoms with Crippen LogP contribution < -0.4 is 5.32 Å². The highest BCUT2D eigenvalue weighted by Gasteiger charge is 2.18. The molecule has 1 aliphatic rings. The molecule has 0 radical (unpaired) electrons. The predicted octanol–water partition coefficient (Wildman–Crippen LogP) is 3.99. The Kier molecular flexibility index (Phi) is 4.67. The molecule has 0 saturated carbocycles. The molecular weight excluding hydrogens is 319 g/mol. The van der Waals surface area contributed by atoms with Crippen LogP contribution in [0.4, 0.5) is 5.69 Å². The van der Waals surface area contributed by atoms with Crippen molar-refractivity contribution < 1.29 is 4.79 Å². The summed E-state index contributed by atoms with van der Waals surface area (Å²) in [5, 5.41) is 3.77. The molecule has 3 rings (SSSR count). The van der Waals surface area contributed by atoms with Gasteiger partial charge in [-0.15, -0.1) is 0 Å². The molecule has 1 heterocycles. The van der Waals surface area contributed by atoms with Gasteiger partial charge in [0.2, 0.25) is 5.91 Å². The minimum Gasteiger partial charge on any atom is -0.325 e. The first-order valence-corrected chi connectivity index (χ1v) is 7.91. The van der Waals surface area contributed by atoms with Gasteiger partial charge in [0, 0.05) is 18.8 Å². The number of anilines is 1. The highest BCUT2D eigenvalue weighted by molar-refractivity contribution is 6.42. The number of rotatable bonds is 3. The monoisotopic (exact) mass is 334 g/mol. The van der Waals surface area contributed by atoms with Gasteiger partial charge < -0.3 is 5.32 Å². The number of nitrogens with one attached hydrogen (secondary N) is 1. The average molecular weight is 335 g/mol. The van der Waals surface area contributed by atoms with Gasteiger partial charge in [-0.05, 0) is 35.7 Å². The third kappa shape index (κ3) is 3.61. The molecule has 1 amide bonds. The van der Waals surface area contributed by atoms with Crippen molar-refractivity contribution in [2.24, 2.45) is 0 Å². The summed E-state index contributed by atoms with van der Waals surface area (Å²) >= 11 is 11.8. The van der Waals surface area contributed by atoms with Gasteiger partial charge in [0.1, 0.15) is 0 Å². The second-order valence-corrected chi connectivity index (χ2v) is 6.22. The van der Waals surface area contributed by atoms with Crippen molar-refractivity contribution in [1.29, 1.82) is 0 Å². The zero-order chi connectivity index (χ0) is 15.5. The van der Waals surface area contributed by atoms with Crippen LogP contribution in [0, 0.1) is 0 Å². The van der Waals surface area contributed by atoms with Gasteiger partial charge in [-0.1, -0.05) is 47.5 Å². The van der Waals surface area contributed by atoms with Crippen molar-refractivity contribution in [1.82, 2.24) is 4.90 Å². The first-order chi connectivity index (χ1) is 10.6. The molecule has 2 aromatic rings. The zero-order valence-electron chi connectivity index (χ0n) is 12.0. The summed E-state index contributed by atoms with van der Waals surface area (Å²) in [5.74, 6) is -0.0437. The Labute approximate surface area is 139 Å². The van der Waals surface area contributed by atoms with E-state index in [4.69, 9.17) is 23.2 Å². The van der Waals surface area contributed by atoms with Crippen LogP contribution >= 0.6 is 23.2 Å². The zero-order valence-corrected chi connectivity index (χ0v) is 13.5. The summed E-state index contributed by atoms with van der Waals surface area (Å²) in [6.07, 6.45) is 0.982. The van der Waals surface area contributed by atoms with Crippen LogP contribution in [0.15, 0.2) is 42.5 Å². The fourth-order valence-corrected chi connectivity index (χ4v) is 2.96. The highest BCUT2D eigenvalue weighted by Crippen LogP contribution is 2.25. The lowest BCUT2D eigenvalue weighted by Gasteiger charge is -2.28. The standard InChI is InChI=1S/C17H16Cl2N2O/c18-15-6-5-14(9-16(15)19)20-17(22)11-21-8-7-12-3-1-2-4-13(12)10-21/h1-6,9H,7-8,10-11H2,(H,20,22). The minimum absolute atomic E-state index is 0.0437. The summed E-state index contributed by atoms with van der Waals surface area (Å²) in [6, 6.07) is 13.5. The molecule has 1 N–H and O–H groups in total. The summed E-state index contributed by atoms with van der Waals surface area (Å²) in [4.78, 5) is 14.3. The number of halogens is 2. The fraction of sp³-hybridized carbons (Fsp3) is 0.235. The summed E-state index contributed by atoms with van der Waals surface area (Å²) in [5.41, 5.74) is 3.34. The van der Waals surface area contributed by atoms with E-state index in [0.29, 0.717) is 22.3 Å². The molecule has 3 nitrogen and oxygen atoms in total. The average Bonchev–Trinajstić information content (AvgIpc) is 2.51. The third-order valence-corrected chi connectivity index (χ3v) is 4.52. The Morgan fingerprint density at radius 2 is 1.86 bits per heavy atom. The van der Waals surface area contributed by atoms with Gasteiger partial charge in [0.15, 0.2) is 0 Å². The van der Waals surface area contributed by atoms with E-state index in [1.165, 1.54) is 11.1 Å². The van der Waals surface area contributed by atoms with Crippen molar-refractivity contribution >= 4 is 34.8 Å². The maximum absolute atomic E-state index is 12.2. The van der Waals surface area contributed by atoms with E-state index in [-0.39, 0.29) is 5.91 Å². The van der Waals surface area contributed by atoms with Gasteiger partial charge in [-0.3, -0.25) is 9.69 Å². The molecule has 22 heavy (non-hydrogen) atoms. The molecule has 114 valence electrons. The number of hydrogen-bond acceptors (Lipinski definition) is 2. The number of nitrogens with zero attached hydrogens (tertiary/aromatic N) is 1. The molecule has 2 aromatic carbocycles. The maximum Gasteiger partial charge on any atom is 0.238 e. The van der Waals surface area contributed by atoms with Crippen molar-refractivity contribution in [3.05, 3.63) is 63.6 Å². The van der Waals surface area contributed by atoms with Crippen molar-refractivity contribution in [3.63, 3.8) is 0 Å². The Morgan fingerprint density at radius 3 is 2.64 bits per heavy atom. The van der Waals surface area contributed by atoms with E-state index in [2.05, 4.69) is 28.4 Å².